The van der Waals surface area contributed by atoms with Crippen molar-refractivity contribution in [3.63, 3.8) is 0 Å². The Morgan fingerprint density at radius 2 is 1.81 bits per heavy atom. The number of ether oxygens (including phenoxy) is 1. The van der Waals surface area contributed by atoms with Crippen molar-refractivity contribution in [3.8, 4) is 5.75 Å². The molecule has 6 rings (SSSR count). The van der Waals surface area contributed by atoms with E-state index in [1.807, 2.05) is 30.6 Å². The molecule has 3 aromatic carbocycles. The molecule has 2 atom stereocenters. The number of fused-ring (bicyclic) bond motifs is 1. The third-order valence-electron chi connectivity index (χ3n) is 7.65. The lowest BCUT2D eigenvalue weighted by molar-refractivity contribution is -0.274. The number of halogens is 3. The molecular formula is C33H29F3N4OS. The summed E-state index contributed by atoms with van der Waals surface area (Å²) < 4.78 is 41.1. The van der Waals surface area contributed by atoms with Crippen molar-refractivity contribution in [2.24, 2.45) is 21.8 Å². The smallest absolute Gasteiger partial charge is 0.406 e. The van der Waals surface area contributed by atoms with E-state index in [1.54, 1.807) is 23.9 Å². The molecule has 2 unspecified atom stereocenters. The molecule has 214 valence electrons. The highest BCUT2D eigenvalue weighted by Crippen LogP contribution is 2.35. The van der Waals surface area contributed by atoms with Gasteiger partial charge in [0.2, 0.25) is 0 Å². The van der Waals surface area contributed by atoms with Crippen molar-refractivity contribution < 1.29 is 17.9 Å². The van der Waals surface area contributed by atoms with Gasteiger partial charge >= 0.3 is 6.36 Å². The van der Waals surface area contributed by atoms with Gasteiger partial charge in [0.05, 0.1) is 16.3 Å². The Hall–Kier alpha value is -3.98. The first-order valence-corrected chi connectivity index (χ1v) is 14.8. The molecule has 2 aliphatic rings. The van der Waals surface area contributed by atoms with Crippen molar-refractivity contribution in [1.29, 1.82) is 0 Å². The second-order valence-electron chi connectivity index (χ2n) is 10.7. The Morgan fingerprint density at radius 3 is 2.52 bits per heavy atom. The fourth-order valence-electron chi connectivity index (χ4n) is 5.28. The topological polar surface area (TPSA) is 59.7 Å². The number of alkyl halides is 3. The first-order chi connectivity index (χ1) is 20.2. The van der Waals surface area contributed by atoms with E-state index in [-0.39, 0.29) is 11.7 Å². The molecule has 42 heavy (non-hydrogen) atoms. The van der Waals surface area contributed by atoms with Crippen LogP contribution < -0.4 is 4.74 Å². The number of benzene rings is 3. The molecule has 1 aromatic heterocycles. The summed E-state index contributed by atoms with van der Waals surface area (Å²) >= 11 is 1.77. The maximum Gasteiger partial charge on any atom is 0.573 e. The van der Waals surface area contributed by atoms with Gasteiger partial charge in [0.25, 0.3) is 5.95 Å². The Balaban J connectivity index is 1.09. The van der Waals surface area contributed by atoms with Crippen LogP contribution in [0.2, 0.25) is 0 Å². The second kappa shape index (κ2) is 11.7. The lowest BCUT2D eigenvalue weighted by Gasteiger charge is -2.28. The number of rotatable bonds is 8. The van der Waals surface area contributed by atoms with E-state index >= 15 is 0 Å². The summed E-state index contributed by atoms with van der Waals surface area (Å²) in [6.45, 7) is 4.34. The average molecular weight is 587 g/mol. The van der Waals surface area contributed by atoms with Gasteiger partial charge in [-0.2, -0.15) is 0 Å². The number of allylic oxidation sites excluding steroid dienone is 1. The Labute approximate surface area is 246 Å². The van der Waals surface area contributed by atoms with Crippen LogP contribution in [0.25, 0.3) is 16.6 Å². The Bertz CT molecular complexity index is 1690. The normalized spacial score (nSPS) is 19.3. The second-order valence-corrected chi connectivity index (χ2v) is 11.7. The molecule has 1 fully saturated rings. The third-order valence-corrected chi connectivity index (χ3v) is 8.94. The number of hydrogen-bond acceptors (Lipinski definition) is 6. The molecule has 2 aliphatic heterocycles. The molecule has 1 saturated heterocycles. The van der Waals surface area contributed by atoms with Crippen molar-refractivity contribution in [2.75, 3.05) is 5.75 Å². The monoisotopic (exact) mass is 586 g/mol. The van der Waals surface area contributed by atoms with Gasteiger partial charge in [0.15, 0.2) is 0 Å². The van der Waals surface area contributed by atoms with Gasteiger partial charge in [-0.05, 0) is 85.7 Å². The maximum atomic E-state index is 12.4. The largest absolute Gasteiger partial charge is 0.573 e. The Morgan fingerprint density at radius 1 is 1.02 bits per heavy atom. The van der Waals surface area contributed by atoms with Crippen LogP contribution in [0, 0.1) is 25.7 Å². The van der Waals surface area contributed by atoms with E-state index in [2.05, 4.69) is 52.8 Å². The summed E-state index contributed by atoms with van der Waals surface area (Å²) in [7, 11) is 0. The van der Waals surface area contributed by atoms with Crippen LogP contribution in [0.15, 0.2) is 82.9 Å². The number of thioether (sulfide) groups is 1. The van der Waals surface area contributed by atoms with Crippen LogP contribution in [0.5, 0.6) is 5.75 Å². The third kappa shape index (κ3) is 6.57. The van der Waals surface area contributed by atoms with E-state index in [0.29, 0.717) is 18.3 Å². The van der Waals surface area contributed by atoms with Gasteiger partial charge in [0, 0.05) is 40.9 Å². The van der Waals surface area contributed by atoms with E-state index in [1.165, 1.54) is 28.8 Å². The summed E-state index contributed by atoms with van der Waals surface area (Å²) in [6.07, 6.45) is 3.67. The zero-order chi connectivity index (χ0) is 29.3. The van der Waals surface area contributed by atoms with Crippen LogP contribution >= 0.6 is 11.8 Å². The minimum Gasteiger partial charge on any atom is -0.406 e. The number of aliphatic imine (C=N–C) groups is 2. The standard InChI is InChI=1S/C33H29F3N4OS/c1-20-4-3-5-21(2)28(20)16-26-19-42-31(26)40-32-38-18-25-15-24(10-13-29(25)39-32)30-14-23(17-37-30)7-6-22-8-11-27(12-9-22)41-33(34,35)36/h3-5,8-15,17-18,23,26H,6-7,16,19H2,1-2H3. The number of aryl methyl sites for hydroxylation is 3. The van der Waals surface area contributed by atoms with Gasteiger partial charge < -0.3 is 4.74 Å². The molecular weight excluding hydrogens is 557 g/mol. The lowest BCUT2D eigenvalue weighted by atomic mass is 9.93. The van der Waals surface area contributed by atoms with Crippen molar-refractivity contribution >= 4 is 45.6 Å². The summed E-state index contributed by atoms with van der Waals surface area (Å²) in [4.78, 5) is 18.6. The highest BCUT2D eigenvalue weighted by Gasteiger charge is 2.31. The average Bonchev–Trinajstić information content (AvgIpc) is 3.43. The van der Waals surface area contributed by atoms with Crippen molar-refractivity contribution in [2.45, 2.75) is 39.5 Å². The quantitative estimate of drug-likeness (QED) is 0.208. The molecule has 5 nitrogen and oxygen atoms in total. The van der Waals surface area contributed by atoms with Crippen LogP contribution in [-0.4, -0.2) is 33.3 Å². The van der Waals surface area contributed by atoms with E-state index in [0.717, 1.165) is 51.4 Å². The highest BCUT2D eigenvalue weighted by atomic mass is 32.2. The molecule has 3 heterocycles. The van der Waals surface area contributed by atoms with Gasteiger partial charge in [0.1, 0.15) is 5.75 Å². The summed E-state index contributed by atoms with van der Waals surface area (Å²) in [5.41, 5.74) is 7.71. The summed E-state index contributed by atoms with van der Waals surface area (Å²) in [6, 6.07) is 18.5. The predicted molar refractivity (Wildman–Crippen MR) is 164 cm³/mol. The lowest BCUT2D eigenvalue weighted by Crippen LogP contribution is -2.28. The maximum absolute atomic E-state index is 12.4. The number of hydrogen-bond donors (Lipinski definition) is 0. The molecule has 0 aliphatic carbocycles. The molecule has 0 radical (unpaired) electrons. The van der Waals surface area contributed by atoms with Gasteiger partial charge in [-0.1, -0.05) is 36.4 Å². The van der Waals surface area contributed by atoms with E-state index in [4.69, 9.17) is 9.98 Å². The van der Waals surface area contributed by atoms with Gasteiger partial charge in [-0.3, -0.25) is 4.99 Å². The van der Waals surface area contributed by atoms with E-state index < -0.39 is 6.36 Å². The fraction of sp³-hybridized carbons (Fsp3) is 0.273. The Kier molecular flexibility index (Phi) is 7.86. The predicted octanol–water partition coefficient (Wildman–Crippen LogP) is 8.46. The first-order valence-electron chi connectivity index (χ1n) is 13.8. The van der Waals surface area contributed by atoms with Crippen LogP contribution in [-0.2, 0) is 12.8 Å². The first kappa shape index (κ1) is 28.2. The molecule has 0 N–H and O–H groups in total. The van der Waals surface area contributed by atoms with Crippen LogP contribution in [0.4, 0.5) is 19.1 Å². The van der Waals surface area contributed by atoms with E-state index in [9.17, 15) is 13.2 Å². The van der Waals surface area contributed by atoms with Crippen molar-refractivity contribution in [3.05, 3.63) is 101 Å². The number of nitrogens with zero attached hydrogens (tertiary/aromatic N) is 4. The zero-order valence-electron chi connectivity index (χ0n) is 23.2. The van der Waals surface area contributed by atoms with Gasteiger partial charge in [-0.25, -0.2) is 15.0 Å². The zero-order valence-corrected chi connectivity index (χ0v) is 24.0. The minimum absolute atomic E-state index is 0.146. The number of aromatic nitrogens is 2. The van der Waals surface area contributed by atoms with Crippen LogP contribution in [0.1, 0.15) is 34.2 Å². The minimum atomic E-state index is -4.69. The molecule has 0 amide bonds. The highest BCUT2D eigenvalue weighted by molar-refractivity contribution is 8.16. The molecule has 4 aromatic rings. The molecule has 0 bridgehead atoms. The molecule has 9 heteroatoms. The van der Waals surface area contributed by atoms with Crippen LogP contribution in [0.3, 0.4) is 0 Å². The molecule has 0 saturated carbocycles. The fourth-order valence-corrected chi connectivity index (χ4v) is 6.18. The molecule has 0 spiro atoms. The van der Waals surface area contributed by atoms with Crippen molar-refractivity contribution in [1.82, 2.24) is 9.97 Å². The van der Waals surface area contributed by atoms with Gasteiger partial charge in [-0.15, -0.1) is 24.9 Å². The summed E-state index contributed by atoms with van der Waals surface area (Å²) in [5, 5.41) is 2.02. The SMILES string of the molecule is Cc1cccc(C)c1CC1CSC1=Nc1ncc2cc(C3=CC(CCc4ccc(OC(F)(F)F)cc4)C=N3)ccc2n1. The summed E-state index contributed by atoms with van der Waals surface area (Å²) in [5.74, 6) is 1.88.